The summed E-state index contributed by atoms with van der Waals surface area (Å²) in [6, 6.07) is 7.97. The number of aromatic nitrogens is 2. The molecular formula is C15H17ClN2O. The van der Waals surface area contributed by atoms with Crippen LogP contribution in [0.2, 0.25) is 5.15 Å². The van der Waals surface area contributed by atoms with Crippen molar-refractivity contribution in [3.05, 3.63) is 35.1 Å². The van der Waals surface area contributed by atoms with Crippen LogP contribution in [0.4, 0.5) is 0 Å². The van der Waals surface area contributed by atoms with Gasteiger partial charge in [-0.3, -0.25) is 0 Å². The molecule has 4 heteroatoms. The molecule has 0 saturated heterocycles. The molecule has 0 spiro atoms. The summed E-state index contributed by atoms with van der Waals surface area (Å²) in [5.74, 6) is 2.50. The van der Waals surface area contributed by atoms with Crippen molar-refractivity contribution in [1.29, 1.82) is 0 Å². The van der Waals surface area contributed by atoms with E-state index in [9.17, 15) is 0 Å². The molecular weight excluding hydrogens is 260 g/mol. The maximum absolute atomic E-state index is 6.26. The molecule has 2 aromatic rings. The Kier molecular flexibility index (Phi) is 3.23. The molecule has 1 aromatic heterocycles. The third-order valence-electron chi connectivity index (χ3n) is 3.74. The number of rotatable bonds is 2. The number of nitrogens with zero attached hydrogens (tertiary/aromatic N) is 2. The van der Waals surface area contributed by atoms with Crippen molar-refractivity contribution in [2.24, 2.45) is 5.92 Å². The highest BCUT2D eigenvalue weighted by atomic mass is 35.5. The molecule has 2 heterocycles. The SMILES string of the molecule is COc1ccc(-c2nc(Cl)c3n2CC(C)CC3)cc1. The Hall–Kier alpha value is -1.48. The first kappa shape index (κ1) is 12.5. The molecule has 1 aliphatic heterocycles. The lowest BCUT2D eigenvalue weighted by atomic mass is 10.00. The molecule has 3 nitrogen and oxygen atoms in total. The summed E-state index contributed by atoms with van der Waals surface area (Å²) in [4.78, 5) is 4.54. The van der Waals surface area contributed by atoms with Crippen molar-refractivity contribution < 1.29 is 4.74 Å². The standard InChI is InChI=1S/C15H17ClN2O/c1-10-3-8-13-14(16)17-15(18(13)9-10)11-4-6-12(19-2)7-5-11/h4-7,10H,3,8-9H2,1-2H3. The van der Waals surface area contributed by atoms with E-state index in [1.54, 1.807) is 7.11 Å². The summed E-state index contributed by atoms with van der Waals surface area (Å²) in [5.41, 5.74) is 2.26. The Bertz CT molecular complexity index is 589. The highest BCUT2D eigenvalue weighted by molar-refractivity contribution is 6.30. The number of halogens is 1. The zero-order chi connectivity index (χ0) is 13.4. The monoisotopic (exact) mass is 276 g/mol. The third-order valence-corrected chi connectivity index (χ3v) is 4.04. The van der Waals surface area contributed by atoms with Gasteiger partial charge in [-0.25, -0.2) is 4.98 Å². The number of ether oxygens (including phenoxy) is 1. The van der Waals surface area contributed by atoms with Gasteiger partial charge in [-0.1, -0.05) is 18.5 Å². The highest BCUT2D eigenvalue weighted by Gasteiger charge is 2.22. The lowest BCUT2D eigenvalue weighted by molar-refractivity contribution is 0.402. The van der Waals surface area contributed by atoms with Gasteiger partial charge in [-0.05, 0) is 43.0 Å². The number of hydrogen-bond donors (Lipinski definition) is 0. The first-order valence-corrected chi connectivity index (χ1v) is 6.96. The van der Waals surface area contributed by atoms with Crippen LogP contribution in [-0.4, -0.2) is 16.7 Å². The van der Waals surface area contributed by atoms with Crippen LogP contribution in [0.3, 0.4) is 0 Å². The summed E-state index contributed by atoms with van der Waals surface area (Å²) in [6.45, 7) is 3.27. The zero-order valence-electron chi connectivity index (χ0n) is 11.2. The van der Waals surface area contributed by atoms with Crippen LogP contribution in [-0.2, 0) is 13.0 Å². The Balaban J connectivity index is 2.04. The predicted octanol–water partition coefficient (Wildman–Crippen LogP) is 3.79. The Morgan fingerprint density at radius 3 is 2.74 bits per heavy atom. The molecule has 0 bridgehead atoms. The molecule has 0 saturated carbocycles. The number of benzene rings is 1. The van der Waals surface area contributed by atoms with E-state index >= 15 is 0 Å². The minimum absolute atomic E-state index is 0.651. The van der Waals surface area contributed by atoms with E-state index in [-0.39, 0.29) is 0 Å². The fourth-order valence-electron chi connectivity index (χ4n) is 2.64. The van der Waals surface area contributed by atoms with Crippen LogP contribution in [0.5, 0.6) is 5.75 Å². The maximum Gasteiger partial charge on any atom is 0.150 e. The second-order valence-corrected chi connectivity index (χ2v) is 5.51. The topological polar surface area (TPSA) is 27.1 Å². The smallest absolute Gasteiger partial charge is 0.150 e. The largest absolute Gasteiger partial charge is 0.497 e. The van der Waals surface area contributed by atoms with Crippen LogP contribution >= 0.6 is 11.6 Å². The molecule has 3 rings (SSSR count). The first-order valence-electron chi connectivity index (χ1n) is 6.58. The van der Waals surface area contributed by atoms with Crippen molar-refractivity contribution in [1.82, 2.24) is 9.55 Å². The van der Waals surface area contributed by atoms with Gasteiger partial charge in [-0.15, -0.1) is 0 Å². The molecule has 1 unspecified atom stereocenters. The molecule has 0 aliphatic carbocycles. The zero-order valence-corrected chi connectivity index (χ0v) is 11.9. The van der Waals surface area contributed by atoms with Crippen LogP contribution in [0.25, 0.3) is 11.4 Å². The average Bonchev–Trinajstić information content (AvgIpc) is 2.75. The van der Waals surface area contributed by atoms with Gasteiger partial charge in [0.15, 0.2) is 5.15 Å². The highest BCUT2D eigenvalue weighted by Crippen LogP contribution is 2.32. The average molecular weight is 277 g/mol. The second-order valence-electron chi connectivity index (χ2n) is 5.16. The molecule has 0 N–H and O–H groups in total. The van der Waals surface area contributed by atoms with Gasteiger partial charge in [0.2, 0.25) is 0 Å². The van der Waals surface area contributed by atoms with Gasteiger partial charge in [0, 0.05) is 12.1 Å². The maximum atomic E-state index is 6.26. The minimum atomic E-state index is 0.651. The lowest BCUT2D eigenvalue weighted by Crippen LogP contribution is -2.18. The van der Waals surface area contributed by atoms with E-state index in [1.807, 2.05) is 24.3 Å². The molecule has 19 heavy (non-hydrogen) atoms. The predicted molar refractivity (Wildman–Crippen MR) is 76.7 cm³/mol. The quantitative estimate of drug-likeness (QED) is 0.834. The number of hydrogen-bond acceptors (Lipinski definition) is 2. The van der Waals surface area contributed by atoms with E-state index in [0.717, 1.165) is 30.1 Å². The molecule has 0 fully saturated rings. The van der Waals surface area contributed by atoms with Gasteiger partial charge in [0.25, 0.3) is 0 Å². The molecule has 0 amide bonds. The van der Waals surface area contributed by atoms with Gasteiger partial charge >= 0.3 is 0 Å². The molecule has 100 valence electrons. The molecule has 0 radical (unpaired) electrons. The lowest BCUT2D eigenvalue weighted by Gasteiger charge is -2.22. The van der Waals surface area contributed by atoms with E-state index < -0.39 is 0 Å². The van der Waals surface area contributed by atoms with E-state index in [1.165, 1.54) is 12.1 Å². The van der Waals surface area contributed by atoms with Crippen LogP contribution in [0, 0.1) is 5.92 Å². The fourth-order valence-corrected chi connectivity index (χ4v) is 2.91. The van der Waals surface area contributed by atoms with Crippen molar-refractivity contribution >= 4 is 11.6 Å². The number of imidazole rings is 1. The van der Waals surface area contributed by atoms with Gasteiger partial charge in [0.1, 0.15) is 11.6 Å². The first-order chi connectivity index (χ1) is 9.19. The van der Waals surface area contributed by atoms with Crippen LogP contribution in [0.1, 0.15) is 19.0 Å². The minimum Gasteiger partial charge on any atom is -0.497 e. The van der Waals surface area contributed by atoms with Crippen molar-refractivity contribution in [3.8, 4) is 17.1 Å². The summed E-state index contributed by atoms with van der Waals surface area (Å²) >= 11 is 6.26. The summed E-state index contributed by atoms with van der Waals surface area (Å²) in [6.07, 6.45) is 2.20. The van der Waals surface area contributed by atoms with Gasteiger partial charge in [-0.2, -0.15) is 0 Å². The van der Waals surface area contributed by atoms with E-state index in [2.05, 4.69) is 16.5 Å². The Labute approximate surface area is 118 Å². The van der Waals surface area contributed by atoms with Gasteiger partial charge in [0.05, 0.1) is 12.8 Å². The van der Waals surface area contributed by atoms with Crippen LogP contribution in [0.15, 0.2) is 24.3 Å². The number of methoxy groups -OCH3 is 1. The van der Waals surface area contributed by atoms with Gasteiger partial charge < -0.3 is 9.30 Å². The van der Waals surface area contributed by atoms with Crippen molar-refractivity contribution in [2.75, 3.05) is 7.11 Å². The second kappa shape index (κ2) is 4.89. The molecule has 1 atom stereocenters. The summed E-state index contributed by atoms with van der Waals surface area (Å²) < 4.78 is 7.45. The Morgan fingerprint density at radius 1 is 1.32 bits per heavy atom. The van der Waals surface area contributed by atoms with Crippen molar-refractivity contribution in [2.45, 2.75) is 26.3 Å². The van der Waals surface area contributed by atoms with E-state index in [4.69, 9.17) is 16.3 Å². The fraction of sp³-hybridized carbons (Fsp3) is 0.400. The summed E-state index contributed by atoms with van der Waals surface area (Å²) in [7, 11) is 1.67. The molecule has 1 aliphatic rings. The normalized spacial score (nSPS) is 18.2. The molecule has 1 aromatic carbocycles. The van der Waals surface area contributed by atoms with Crippen LogP contribution < -0.4 is 4.74 Å². The van der Waals surface area contributed by atoms with E-state index in [0.29, 0.717) is 11.1 Å². The Morgan fingerprint density at radius 2 is 2.05 bits per heavy atom. The number of fused-ring (bicyclic) bond motifs is 1. The summed E-state index contributed by atoms with van der Waals surface area (Å²) in [5, 5.41) is 0.651. The third kappa shape index (κ3) is 2.23. The van der Waals surface area contributed by atoms with Crippen molar-refractivity contribution in [3.63, 3.8) is 0 Å².